The van der Waals surface area contributed by atoms with E-state index in [1.807, 2.05) is 6.07 Å². The van der Waals surface area contributed by atoms with Gasteiger partial charge in [0.25, 0.3) is 0 Å². The molecule has 0 radical (unpaired) electrons. The topological polar surface area (TPSA) is 31.6 Å². The zero-order valence-electron chi connectivity index (χ0n) is 16.5. The first-order valence-electron chi connectivity index (χ1n) is 9.81. The molecule has 4 heteroatoms. The molecule has 1 aliphatic heterocycles. The number of hydrogen-bond acceptors (Lipinski definition) is 3. The summed E-state index contributed by atoms with van der Waals surface area (Å²) in [6.45, 7) is 8.37. The van der Waals surface area contributed by atoms with Gasteiger partial charge >= 0.3 is 7.12 Å². The molecular formula is C24H21BO3. The van der Waals surface area contributed by atoms with Gasteiger partial charge < -0.3 is 13.7 Å². The molecule has 0 atom stereocenters. The van der Waals surface area contributed by atoms with Crippen LogP contribution in [0.25, 0.3) is 43.5 Å². The van der Waals surface area contributed by atoms with Gasteiger partial charge in [-0.15, -0.1) is 0 Å². The molecule has 1 aliphatic rings. The van der Waals surface area contributed by atoms with E-state index in [-0.39, 0.29) is 11.2 Å². The van der Waals surface area contributed by atoms with Gasteiger partial charge in [0.05, 0.1) is 11.2 Å². The van der Waals surface area contributed by atoms with Crippen molar-refractivity contribution >= 4 is 56.1 Å². The molecule has 1 fully saturated rings. The summed E-state index contributed by atoms with van der Waals surface area (Å²) >= 11 is 0. The largest absolute Gasteiger partial charge is 0.495 e. The van der Waals surface area contributed by atoms with E-state index in [2.05, 4.69) is 76.2 Å². The number of rotatable bonds is 1. The quantitative estimate of drug-likeness (QED) is 0.284. The molecule has 6 rings (SSSR count). The monoisotopic (exact) mass is 368 g/mol. The molecule has 138 valence electrons. The Bertz CT molecular complexity index is 1360. The van der Waals surface area contributed by atoms with E-state index in [9.17, 15) is 0 Å². The lowest BCUT2D eigenvalue weighted by atomic mass is 9.74. The zero-order chi connectivity index (χ0) is 19.3. The summed E-state index contributed by atoms with van der Waals surface area (Å²) in [6, 6.07) is 19.0. The van der Waals surface area contributed by atoms with E-state index in [1.165, 1.54) is 26.9 Å². The van der Waals surface area contributed by atoms with Crippen LogP contribution in [-0.2, 0) is 9.31 Å². The van der Waals surface area contributed by atoms with Gasteiger partial charge in [0, 0.05) is 10.8 Å². The molecule has 0 aliphatic carbocycles. The normalized spacial score (nSPS) is 18.9. The van der Waals surface area contributed by atoms with Crippen LogP contribution < -0.4 is 5.46 Å². The van der Waals surface area contributed by atoms with Gasteiger partial charge in [-0.1, -0.05) is 42.5 Å². The van der Waals surface area contributed by atoms with Crippen molar-refractivity contribution < 1.29 is 13.7 Å². The van der Waals surface area contributed by atoms with Crippen molar-refractivity contribution in [2.45, 2.75) is 38.9 Å². The van der Waals surface area contributed by atoms with Crippen LogP contribution in [0, 0.1) is 0 Å². The molecule has 28 heavy (non-hydrogen) atoms. The molecule has 0 saturated carbocycles. The van der Waals surface area contributed by atoms with Crippen molar-refractivity contribution in [3.8, 4) is 0 Å². The highest BCUT2D eigenvalue weighted by Gasteiger charge is 2.52. The van der Waals surface area contributed by atoms with Gasteiger partial charge in [0.1, 0.15) is 11.2 Å². The number of furan rings is 1. The predicted molar refractivity (Wildman–Crippen MR) is 116 cm³/mol. The van der Waals surface area contributed by atoms with Gasteiger partial charge in [-0.3, -0.25) is 0 Å². The summed E-state index contributed by atoms with van der Waals surface area (Å²) in [5.74, 6) is 0. The molecule has 2 heterocycles. The van der Waals surface area contributed by atoms with Crippen LogP contribution in [0.2, 0.25) is 0 Å². The molecule has 0 bridgehead atoms. The fourth-order valence-corrected chi connectivity index (χ4v) is 4.54. The molecule has 0 unspecified atom stereocenters. The smallest absolute Gasteiger partial charge is 0.456 e. The third-order valence-electron chi connectivity index (χ3n) is 6.69. The van der Waals surface area contributed by atoms with E-state index in [0.717, 1.165) is 22.0 Å². The number of hydrogen-bond donors (Lipinski definition) is 0. The Morgan fingerprint density at radius 2 is 1.21 bits per heavy atom. The minimum absolute atomic E-state index is 0.378. The second kappa shape index (κ2) is 5.08. The fraction of sp³-hybridized carbons (Fsp3) is 0.250. The molecule has 4 aromatic carbocycles. The first-order chi connectivity index (χ1) is 13.4. The molecule has 1 saturated heterocycles. The van der Waals surface area contributed by atoms with Crippen molar-refractivity contribution in [1.82, 2.24) is 0 Å². The van der Waals surface area contributed by atoms with Crippen molar-refractivity contribution in [3.63, 3.8) is 0 Å². The second-order valence-electron chi connectivity index (χ2n) is 8.82. The Kier molecular flexibility index (Phi) is 2.97. The second-order valence-corrected chi connectivity index (χ2v) is 8.82. The van der Waals surface area contributed by atoms with E-state index < -0.39 is 7.12 Å². The van der Waals surface area contributed by atoms with E-state index in [1.54, 1.807) is 0 Å². The summed E-state index contributed by atoms with van der Waals surface area (Å²) in [6.07, 6.45) is 0. The Morgan fingerprint density at radius 3 is 1.96 bits per heavy atom. The van der Waals surface area contributed by atoms with Crippen LogP contribution in [-0.4, -0.2) is 18.3 Å². The highest BCUT2D eigenvalue weighted by Crippen LogP contribution is 2.43. The predicted octanol–water partition coefficient (Wildman–Crippen LogP) is 5.63. The third-order valence-corrected chi connectivity index (χ3v) is 6.69. The summed E-state index contributed by atoms with van der Waals surface area (Å²) in [7, 11) is -0.410. The minimum Gasteiger partial charge on any atom is -0.456 e. The van der Waals surface area contributed by atoms with Crippen molar-refractivity contribution in [3.05, 3.63) is 54.6 Å². The molecule has 5 aromatic rings. The van der Waals surface area contributed by atoms with Crippen molar-refractivity contribution in [2.75, 3.05) is 0 Å². The van der Waals surface area contributed by atoms with E-state index in [0.29, 0.717) is 0 Å². The average molecular weight is 368 g/mol. The summed E-state index contributed by atoms with van der Waals surface area (Å²) in [5, 5.41) is 7.18. The molecule has 1 aromatic heterocycles. The van der Waals surface area contributed by atoms with E-state index >= 15 is 0 Å². The lowest BCUT2D eigenvalue weighted by molar-refractivity contribution is 0.00578. The van der Waals surface area contributed by atoms with Crippen LogP contribution in [0.5, 0.6) is 0 Å². The molecule has 0 amide bonds. The first kappa shape index (κ1) is 16.4. The van der Waals surface area contributed by atoms with Crippen LogP contribution in [0.15, 0.2) is 59.0 Å². The van der Waals surface area contributed by atoms with Crippen LogP contribution in [0.3, 0.4) is 0 Å². The van der Waals surface area contributed by atoms with Crippen molar-refractivity contribution in [2.24, 2.45) is 0 Å². The van der Waals surface area contributed by atoms with Crippen LogP contribution in [0.4, 0.5) is 0 Å². The minimum atomic E-state index is -0.410. The molecule has 0 spiro atoms. The fourth-order valence-electron chi connectivity index (χ4n) is 4.54. The lowest BCUT2D eigenvalue weighted by Crippen LogP contribution is -2.41. The van der Waals surface area contributed by atoms with Gasteiger partial charge in [0.15, 0.2) is 0 Å². The summed E-state index contributed by atoms with van der Waals surface area (Å²) in [4.78, 5) is 0. The maximum absolute atomic E-state index is 6.41. The maximum atomic E-state index is 6.41. The van der Waals surface area contributed by atoms with Gasteiger partial charge in [-0.2, -0.15) is 0 Å². The Hall–Kier alpha value is -2.56. The lowest BCUT2D eigenvalue weighted by Gasteiger charge is -2.32. The standard InChI is InChI=1S/C24H21BO3/c1-23(2)24(3,4)28-25(27-23)17-12-13-19-22-20(17)15-9-6-5-8-14(15)16-10-7-11-18(26-19)21(16)22/h5-13H,1-4H3. The van der Waals surface area contributed by atoms with Gasteiger partial charge in [-0.05, 0) is 66.8 Å². The third kappa shape index (κ3) is 1.92. The Balaban J connectivity index is 1.78. The first-order valence-corrected chi connectivity index (χ1v) is 9.81. The SMILES string of the molecule is CC1(C)OB(c2ccc3oc4cccc5c6ccccc6c2c3c45)OC1(C)C. The molecule has 0 N–H and O–H groups in total. The van der Waals surface area contributed by atoms with Crippen molar-refractivity contribution in [1.29, 1.82) is 0 Å². The molecular weight excluding hydrogens is 347 g/mol. The average Bonchev–Trinajstić information content (AvgIpc) is 3.14. The summed E-state index contributed by atoms with van der Waals surface area (Å²) < 4.78 is 19.0. The Morgan fingerprint density at radius 1 is 0.607 bits per heavy atom. The Labute approximate surface area is 163 Å². The highest BCUT2D eigenvalue weighted by atomic mass is 16.7. The number of benzene rings is 4. The zero-order valence-corrected chi connectivity index (χ0v) is 16.5. The van der Waals surface area contributed by atoms with Crippen LogP contribution >= 0.6 is 0 Å². The molecule has 3 nitrogen and oxygen atoms in total. The highest BCUT2D eigenvalue weighted by molar-refractivity contribution is 6.67. The summed E-state index contributed by atoms with van der Waals surface area (Å²) in [5.41, 5.74) is 2.14. The van der Waals surface area contributed by atoms with Gasteiger partial charge in [-0.25, -0.2) is 0 Å². The number of fused-ring (bicyclic) bond motifs is 3. The van der Waals surface area contributed by atoms with E-state index in [4.69, 9.17) is 13.7 Å². The maximum Gasteiger partial charge on any atom is 0.495 e. The van der Waals surface area contributed by atoms with Crippen LogP contribution in [0.1, 0.15) is 27.7 Å². The van der Waals surface area contributed by atoms with Gasteiger partial charge in [0.2, 0.25) is 0 Å².